The molecule has 1 atom stereocenters. The summed E-state index contributed by atoms with van der Waals surface area (Å²) in [6, 6.07) is 62.9. The molecule has 0 saturated heterocycles. The Labute approximate surface area is 301 Å². The Balaban J connectivity index is 1.12. The molecule has 2 heterocycles. The van der Waals surface area contributed by atoms with Crippen LogP contribution in [0.1, 0.15) is 27.8 Å². The third kappa shape index (κ3) is 4.54. The van der Waals surface area contributed by atoms with Gasteiger partial charge in [-0.3, -0.25) is 0 Å². The molecule has 0 N–H and O–H groups in total. The second kappa shape index (κ2) is 11.8. The Bertz CT molecular complexity index is 2660. The minimum Gasteiger partial charge on any atom is -0.457 e. The summed E-state index contributed by atoms with van der Waals surface area (Å²) in [7, 11) is 0. The van der Waals surface area contributed by atoms with Gasteiger partial charge in [-0.05, 0) is 69.8 Å². The second-order valence-corrected chi connectivity index (χ2v) is 13.2. The monoisotopic (exact) mass is 663 g/mol. The van der Waals surface area contributed by atoms with Gasteiger partial charge in [0.1, 0.15) is 11.5 Å². The third-order valence-corrected chi connectivity index (χ3v) is 10.4. The average molecular weight is 664 g/mol. The number of fused-ring (bicyclic) bond motifs is 9. The minimum absolute atomic E-state index is 0.636. The molecule has 1 spiro atoms. The fourth-order valence-electron chi connectivity index (χ4n) is 8.05. The van der Waals surface area contributed by atoms with E-state index in [-0.39, 0.29) is 0 Å². The molecule has 0 amide bonds. The first-order valence-corrected chi connectivity index (χ1v) is 17.4. The summed E-state index contributed by atoms with van der Waals surface area (Å²) in [4.78, 5) is 10.1. The number of ether oxygens (including phenoxy) is 1. The number of benzene rings is 7. The van der Waals surface area contributed by atoms with Crippen molar-refractivity contribution >= 4 is 0 Å². The molecule has 1 aliphatic heterocycles. The van der Waals surface area contributed by atoms with Gasteiger partial charge in [0.05, 0.1) is 28.4 Å². The van der Waals surface area contributed by atoms with Crippen LogP contribution in [0, 0.1) is 11.3 Å². The van der Waals surface area contributed by atoms with E-state index in [4.69, 9.17) is 14.7 Å². The summed E-state index contributed by atoms with van der Waals surface area (Å²) in [6.45, 7) is 0. The van der Waals surface area contributed by atoms with Crippen LogP contribution in [0.4, 0.5) is 0 Å². The molecule has 4 nitrogen and oxygen atoms in total. The van der Waals surface area contributed by atoms with Gasteiger partial charge in [-0.1, -0.05) is 140 Å². The van der Waals surface area contributed by atoms with Gasteiger partial charge >= 0.3 is 0 Å². The number of hydrogen-bond acceptors (Lipinski definition) is 4. The maximum Gasteiger partial charge on any atom is 0.160 e. The van der Waals surface area contributed by atoms with E-state index in [1.807, 2.05) is 54.6 Å². The normalized spacial score (nSPS) is 14.8. The number of nitriles is 1. The van der Waals surface area contributed by atoms with Gasteiger partial charge in [0.15, 0.2) is 5.82 Å². The topological polar surface area (TPSA) is 58.8 Å². The van der Waals surface area contributed by atoms with Crippen LogP contribution in [0.15, 0.2) is 176 Å². The Hall–Kier alpha value is -7.09. The molecule has 0 saturated carbocycles. The van der Waals surface area contributed by atoms with Gasteiger partial charge < -0.3 is 4.74 Å². The van der Waals surface area contributed by atoms with Crippen LogP contribution in [0.2, 0.25) is 0 Å². The van der Waals surface area contributed by atoms with E-state index in [1.54, 1.807) is 0 Å². The van der Waals surface area contributed by atoms with Gasteiger partial charge in [-0.25, -0.2) is 9.97 Å². The van der Waals surface area contributed by atoms with Crippen LogP contribution >= 0.6 is 0 Å². The van der Waals surface area contributed by atoms with Gasteiger partial charge in [0.25, 0.3) is 0 Å². The SMILES string of the molecule is N#Cc1ccc2c(c1)C1(c3ccccc3Oc3ccc(-c4ccc(-c5nc(-c6ccccc6)cc(-c6ccccc6)n5)cc4)cc31)c1ccccc1-2. The van der Waals surface area contributed by atoms with E-state index < -0.39 is 5.41 Å². The second-order valence-electron chi connectivity index (χ2n) is 13.2. The summed E-state index contributed by atoms with van der Waals surface area (Å²) in [5.41, 5.74) is 13.6. The Morgan fingerprint density at radius 3 is 1.71 bits per heavy atom. The lowest BCUT2D eigenvalue weighted by Crippen LogP contribution is -2.32. The Morgan fingerprint density at radius 2 is 1.00 bits per heavy atom. The van der Waals surface area contributed by atoms with Gasteiger partial charge in [0.2, 0.25) is 0 Å². The Kier molecular flexibility index (Phi) is 6.74. The van der Waals surface area contributed by atoms with Gasteiger partial charge in [0, 0.05) is 27.8 Å². The van der Waals surface area contributed by atoms with Crippen LogP contribution in [-0.2, 0) is 5.41 Å². The van der Waals surface area contributed by atoms with E-state index in [0.717, 1.165) is 73.0 Å². The van der Waals surface area contributed by atoms with Gasteiger partial charge in [-0.15, -0.1) is 0 Å². The fraction of sp³-hybridized carbons (Fsp3) is 0.0208. The number of aromatic nitrogens is 2. The van der Waals surface area contributed by atoms with Crippen molar-refractivity contribution in [1.29, 1.82) is 5.26 Å². The summed E-state index contributed by atoms with van der Waals surface area (Å²) in [5, 5.41) is 10.0. The van der Waals surface area contributed by atoms with Crippen molar-refractivity contribution in [3.8, 4) is 73.7 Å². The van der Waals surface area contributed by atoms with Crippen LogP contribution < -0.4 is 4.74 Å². The zero-order valence-electron chi connectivity index (χ0n) is 28.0. The molecule has 1 unspecified atom stereocenters. The number of para-hydroxylation sites is 1. The van der Waals surface area contributed by atoms with E-state index in [0.29, 0.717) is 11.4 Å². The van der Waals surface area contributed by atoms with E-state index in [2.05, 4.69) is 127 Å². The smallest absolute Gasteiger partial charge is 0.160 e. The highest BCUT2D eigenvalue weighted by Crippen LogP contribution is 2.62. The van der Waals surface area contributed by atoms with Crippen molar-refractivity contribution in [2.75, 3.05) is 0 Å². The van der Waals surface area contributed by atoms with Crippen molar-refractivity contribution in [1.82, 2.24) is 9.97 Å². The highest BCUT2D eigenvalue weighted by atomic mass is 16.5. The molecule has 1 aliphatic carbocycles. The molecule has 242 valence electrons. The third-order valence-electron chi connectivity index (χ3n) is 10.4. The van der Waals surface area contributed by atoms with Crippen molar-refractivity contribution in [3.63, 3.8) is 0 Å². The Morgan fingerprint density at radius 1 is 0.423 bits per heavy atom. The fourth-order valence-corrected chi connectivity index (χ4v) is 8.05. The standard InChI is InChI=1S/C48H29N3O/c49-30-31-19-25-38-37-15-7-8-16-39(37)48(41(38)27-31)40-17-9-10-18-45(40)52-46-26-24-36(28-42(46)48)32-20-22-35(23-21-32)47-50-43(33-11-3-1-4-12-33)29-44(51-47)34-13-5-2-6-14-34/h1-29H. The molecule has 52 heavy (non-hydrogen) atoms. The number of hydrogen-bond donors (Lipinski definition) is 0. The predicted octanol–water partition coefficient (Wildman–Crippen LogP) is 11.5. The van der Waals surface area contributed by atoms with Crippen molar-refractivity contribution in [2.45, 2.75) is 5.41 Å². The first kappa shape index (κ1) is 29.8. The molecule has 8 aromatic rings. The summed E-state index contributed by atoms with van der Waals surface area (Å²) < 4.78 is 6.63. The minimum atomic E-state index is -0.654. The van der Waals surface area contributed by atoms with E-state index in [1.165, 1.54) is 11.1 Å². The summed E-state index contributed by atoms with van der Waals surface area (Å²) in [6.07, 6.45) is 0. The number of rotatable bonds is 4. The lowest BCUT2D eigenvalue weighted by Gasteiger charge is -2.39. The number of nitrogens with zero attached hydrogens (tertiary/aromatic N) is 3. The highest BCUT2D eigenvalue weighted by Gasteiger charge is 2.51. The maximum atomic E-state index is 10.0. The molecule has 2 aliphatic rings. The van der Waals surface area contributed by atoms with Crippen LogP contribution in [0.3, 0.4) is 0 Å². The first-order valence-electron chi connectivity index (χ1n) is 17.4. The van der Waals surface area contributed by atoms with Crippen LogP contribution in [-0.4, -0.2) is 9.97 Å². The molecular formula is C48H29N3O. The lowest BCUT2D eigenvalue weighted by atomic mass is 9.65. The molecule has 4 heteroatoms. The summed E-state index contributed by atoms with van der Waals surface area (Å²) >= 11 is 0. The zero-order valence-corrected chi connectivity index (χ0v) is 28.0. The molecule has 0 fully saturated rings. The molecule has 10 rings (SSSR count). The first-order chi connectivity index (χ1) is 25.7. The highest BCUT2D eigenvalue weighted by molar-refractivity contribution is 5.89. The van der Waals surface area contributed by atoms with E-state index in [9.17, 15) is 5.26 Å². The molecule has 0 radical (unpaired) electrons. The average Bonchev–Trinajstić information content (AvgIpc) is 3.51. The maximum absolute atomic E-state index is 10.0. The quantitative estimate of drug-likeness (QED) is 0.188. The van der Waals surface area contributed by atoms with Gasteiger partial charge in [-0.2, -0.15) is 5.26 Å². The molecule has 7 aromatic carbocycles. The predicted molar refractivity (Wildman–Crippen MR) is 206 cm³/mol. The van der Waals surface area contributed by atoms with E-state index >= 15 is 0 Å². The van der Waals surface area contributed by atoms with Crippen molar-refractivity contribution < 1.29 is 4.74 Å². The molecular weight excluding hydrogens is 635 g/mol. The van der Waals surface area contributed by atoms with Crippen LogP contribution in [0.25, 0.3) is 56.2 Å². The van der Waals surface area contributed by atoms with Crippen molar-refractivity contribution in [2.24, 2.45) is 0 Å². The van der Waals surface area contributed by atoms with Crippen molar-refractivity contribution in [3.05, 3.63) is 204 Å². The van der Waals surface area contributed by atoms with Crippen LogP contribution in [0.5, 0.6) is 11.5 Å². The lowest BCUT2D eigenvalue weighted by molar-refractivity contribution is 0.436. The largest absolute Gasteiger partial charge is 0.457 e. The molecule has 0 bridgehead atoms. The zero-order chi connectivity index (χ0) is 34.6. The molecule has 1 aromatic heterocycles. The summed E-state index contributed by atoms with van der Waals surface area (Å²) in [5.74, 6) is 2.31.